The summed E-state index contributed by atoms with van der Waals surface area (Å²) >= 11 is 0. The van der Waals surface area contributed by atoms with Crippen LogP contribution in [0, 0.1) is 5.82 Å². The van der Waals surface area contributed by atoms with Gasteiger partial charge in [-0.2, -0.15) is 0 Å². The van der Waals surface area contributed by atoms with E-state index in [1.165, 1.54) is 19.1 Å². The summed E-state index contributed by atoms with van der Waals surface area (Å²) in [7, 11) is -3.64. The molecule has 16 heavy (non-hydrogen) atoms. The first-order chi connectivity index (χ1) is 7.42. The van der Waals surface area contributed by atoms with Gasteiger partial charge in [0.15, 0.2) is 0 Å². The largest absolute Gasteiger partial charge is 0.300 e. The zero-order valence-electron chi connectivity index (χ0n) is 8.73. The monoisotopic (exact) mass is 245 g/mol. The molecule has 0 spiro atoms. The van der Waals surface area contributed by atoms with E-state index in [1.54, 1.807) is 0 Å². The molecule has 0 bridgehead atoms. The molecule has 0 radical (unpaired) electrons. The maximum absolute atomic E-state index is 12.6. The van der Waals surface area contributed by atoms with Crippen LogP contribution in [0.5, 0.6) is 0 Å². The molecule has 0 saturated carbocycles. The topological polar surface area (TPSA) is 63.2 Å². The minimum atomic E-state index is -3.64. The van der Waals surface area contributed by atoms with Crippen LogP contribution in [0.2, 0.25) is 0 Å². The predicted octanol–water partition coefficient (Wildman–Crippen LogP) is 1.08. The van der Waals surface area contributed by atoms with E-state index in [4.69, 9.17) is 0 Å². The molecule has 1 aromatic carbocycles. The molecule has 0 aliphatic carbocycles. The van der Waals surface area contributed by atoms with Crippen molar-refractivity contribution in [3.05, 3.63) is 30.1 Å². The van der Waals surface area contributed by atoms with Gasteiger partial charge < -0.3 is 0 Å². The molecule has 0 aliphatic rings. The van der Waals surface area contributed by atoms with E-state index >= 15 is 0 Å². The molecule has 0 aromatic heterocycles. The molecule has 1 N–H and O–H groups in total. The molecule has 0 aliphatic heterocycles. The van der Waals surface area contributed by atoms with Gasteiger partial charge in [0.1, 0.15) is 11.6 Å². The molecular weight excluding hydrogens is 233 g/mol. The normalized spacial score (nSPS) is 11.4. The standard InChI is InChI=1S/C10H12FNO3S/c1-8(13)6-7-12-16(14,15)10-4-2-9(11)3-5-10/h2-5,12H,6-7H2,1H3. The lowest BCUT2D eigenvalue weighted by atomic mass is 10.3. The number of halogens is 1. The summed E-state index contributed by atoms with van der Waals surface area (Å²) < 4.78 is 38.0. The molecule has 0 fully saturated rings. The first-order valence-corrected chi connectivity index (χ1v) is 6.15. The highest BCUT2D eigenvalue weighted by Crippen LogP contribution is 2.09. The maximum Gasteiger partial charge on any atom is 0.240 e. The van der Waals surface area contributed by atoms with Crippen molar-refractivity contribution in [2.24, 2.45) is 0 Å². The van der Waals surface area contributed by atoms with E-state index in [9.17, 15) is 17.6 Å². The molecular formula is C10H12FNO3S. The molecule has 0 saturated heterocycles. The van der Waals surface area contributed by atoms with Crippen molar-refractivity contribution in [1.29, 1.82) is 0 Å². The van der Waals surface area contributed by atoms with Gasteiger partial charge in [0, 0.05) is 13.0 Å². The van der Waals surface area contributed by atoms with Crippen LogP contribution in [0.15, 0.2) is 29.2 Å². The third kappa shape index (κ3) is 3.71. The number of Topliss-reactive ketones (excluding diaryl/α,β-unsaturated/α-hetero) is 1. The quantitative estimate of drug-likeness (QED) is 0.844. The van der Waals surface area contributed by atoms with Gasteiger partial charge in [0.2, 0.25) is 10.0 Å². The van der Waals surface area contributed by atoms with Gasteiger partial charge in [-0.3, -0.25) is 4.79 Å². The second-order valence-corrected chi connectivity index (χ2v) is 5.07. The van der Waals surface area contributed by atoms with E-state index < -0.39 is 15.8 Å². The molecule has 0 heterocycles. The van der Waals surface area contributed by atoms with Crippen molar-refractivity contribution in [2.45, 2.75) is 18.2 Å². The molecule has 0 atom stereocenters. The average Bonchev–Trinajstić information content (AvgIpc) is 2.17. The summed E-state index contributed by atoms with van der Waals surface area (Å²) in [5.74, 6) is -0.593. The second-order valence-electron chi connectivity index (χ2n) is 3.30. The van der Waals surface area contributed by atoms with E-state index in [-0.39, 0.29) is 23.6 Å². The van der Waals surface area contributed by atoms with Gasteiger partial charge in [0.25, 0.3) is 0 Å². The van der Waals surface area contributed by atoms with Crippen LogP contribution >= 0.6 is 0 Å². The van der Waals surface area contributed by atoms with Crippen molar-refractivity contribution in [2.75, 3.05) is 6.54 Å². The van der Waals surface area contributed by atoms with Crippen molar-refractivity contribution < 1.29 is 17.6 Å². The zero-order chi connectivity index (χ0) is 12.2. The molecule has 6 heteroatoms. The van der Waals surface area contributed by atoms with E-state index in [1.807, 2.05) is 0 Å². The van der Waals surface area contributed by atoms with Gasteiger partial charge >= 0.3 is 0 Å². The fraction of sp³-hybridized carbons (Fsp3) is 0.300. The van der Waals surface area contributed by atoms with E-state index in [0.717, 1.165) is 12.1 Å². The van der Waals surface area contributed by atoms with Crippen LogP contribution in [0.4, 0.5) is 4.39 Å². The van der Waals surface area contributed by atoms with Crippen LogP contribution in [-0.4, -0.2) is 20.7 Å². The summed E-state index contributed by atoms with van der Waals surface area (Å²) in [5.41, 5.74) is 0. The third-order valence-electron chi connectivity index (χ3n) is 1.89. The smallest absolute Gasteiger partial charge is 0.240 e. The summed E-state index contributed by atoms with van der Waals surface area (Å²) in [6.07, 6.45) is 0.139. The summed E-state index contributed by atoms with van der Waals surface area (Å²) in [6, 6.07) is 4.48. The number of benzene rings is 1. The minimum Gasteiger partial charge on any atom is -0.300 e. The number of hydrogen-bond donors (Lipinski definition) is 1. The number of nitrogens with one attached hydrogen (secondary N) is 1. The molecule has 1 rings (SSSR count). The van der Waals surface area contributed by atoms with Crippen LogP contribution in [0.3, 0.4) is 0 Å². The maximum atomic E-state index is 12.6. The average molecular weight is 245 g/mol. The van der Waals surface area contributed by atoms with Crippen LogP contribution in [-0.2, 0) is 14.8 Å². The Kier molecular flexibility index (Phi) is 4.14. The summed E-state index contributed by atoms with van der Waals surface area (Å²) in [4.78, 5) is 10.6. The van der Waals surface area contributed by atoms with Gasteiger partial charge in [0.05, 0.1) is 4.90 Å². The predicted molar refractivity (Wildman–Crippen MR) is 56.9 cm³/mol. The van der Waals surface area contributed by atoms with Gasteiger partial charge in [-0.15, -0.1) is 0 Å². The summed E-state index contributed by atoms with van der Waals surface area (Å²) in [5, 5.41) is 0. The zero-order valence-corrected chi connectivity index (χ0v) is 9.55. The highest BCUT2D eigenvalue weighted by Gasteiger charge is 2.13. The Bertz CT molecular complexity index is 467. The number of rotatable bonds is 5. The fourth-order valence-electron chi connectivity index (χ4n) is 1.06. The first-order valence-electron chi connectivity index (χ1n) is 4.66. The van der Waals surface area contributed by atoms with E-state index in [2.05, 4.69) is 4.72 Å². The van der Waals surface area contributed by atoms with Crippen LogP contribution in [0.25, 0.3) is 0 Å². The Hall–Kier alpha value is -1.27. The summed E-state index contributed by atoms with van der Waals surface area (Å²) in [6.45, 7) is 1.43. The molecule has 88 valence electrons. The lowest BCUT2D eigenvalue weighted by Crippen LogP contribution is -2.25. The number of ketones is 1. The fourth-order valence-corrected chi connectivity index (χ4v) is 2.09. The molecule has 0 unspecified atom stereocenters. The SMILES string of the molecule is CC(=O)CCNS(=O)(=O)c1ccc(F)cc1. The molecule has 0 amide bonds. The molecule has 1 aromatic rings. The van der Waals surface area contributed by atoms with Crippen LogP contribution < -0.4 is 4.72 Å². The number of hydrogen-bond acceptors (Lipinski definition) is 3. The van der Waals surface area contributed by atoms with Crippen molar-refractivity contribution >= 4 is 15.8 Å². The highest BCUT2D eigenvalue weighted by molar-refractivity contribution is 7.89. The first kappa shape index (κ1) is 12.8. The Labute approximate surface area is 93.5 Å². The van der Waals surface area contributed by atoms with E-state index in [0.29, 0.717) is 0 Å². The Morgan fingerprint density at radius 3 is 2.38 bits per heavy atom. The Morgan fingerprint density at radius 2 is 1.88 bits per heavy atom. The second kappa shape index (κ2) is 5.18. The van der Waals surface area contributed by atoms with Gasteiger partial charge in [-0.05, 0) is 31.2 Å². The number of sulfonamides is 1. The lowest BCUT2D eigenvalue weighted by molar-refractivity contribution is -0.116. The van der Waals surface area contributed by atoms with Crippen LogP contribution in [0.1, 0.15) is 13.3 Å². The minimum absolute atomic E-state index is 0.0162. The molecule has 4 nitrogen and oxygen atoms in total. The third-order valence-corrected chi connectivity index (χ3v) is 3.37. The number of carbonyl (C=O) groups is 1. The van der Waals surface area contributed by atoms with Gasteiger partial charge in [-0.25, -0.2) is 17.5 Å². The Morgan fingerprint density at radius 1 is 1.31 bits per heavy atom. The Balaban J connectivity index is 2.71. The van der Waals surface area contributed by atoms with Crippen molar-refractivity contribution in [3.8, 4) is 0 Å². The number of carbonyl (C=O) groups excluding carboxylic acids is 1. The van der Waals surface area contributed by atoms with Crippen molar-refractivity contribution in [1.82, 2.24) is 4.72 Å². The van der Waals surface area contributed by atoms with Crippen molar-refractivity contribution in [3.63, 3.8) is 0 Å². The van der Waals surface area contributed by atoms with Gasteiger partial charge in [-0.1, -0.05) is 0 Å². The lowest BCUT2D eigenvalue weighted by Gasteiger charge is -2.05. The highest BCUT2D eigenvalue weighted by atomic mass is 32.2.